The highest BCUT2D eigenvalue weighted by Gasteiger charge is 2.34. The maximum absolute atomic E-state index is 12.3. The third-order valence-electron chi connectivity index (χ3n) is 4.81. The first-order chi connectivity index (χ1) is 13.8. The van der Waals surface area contributed by atoms with Crippen LogP contribution >= 0.6 is 57.4 Å². The third kappa shape index (κ3) is 13.2. The van der Waals surface area contributed by atoms with Crippen LogP contribution in [0.4, 0.5) is 5.69 Å². The van der Waals surface area contributed by atoms with Gasteiger partial charge in [-0.05, 0) is 41.1 Å². The number of carbonyl (C=O) groups is 1. The van der Waals surface area contributed by atoms with E-state index in [1.54, 1.807) is 0 Å². The Kier molecular flexibility index (Phi) is 14.8. The lowest BCUT2D eigenvalue weighted by atomic mass is 10.1. The Morgan fingerprint density at radius 3 is 1.97 bits per heavy atom. The summed E-state index contributed by atoms with van der Waals surface area (Å²) in [6.07, 6.45) is 13.4. The topological polar surface area (TPSA) is 41.1 Å². The summed E-state index contributed by atoms with van der Waals surface area (Å²) < 4.78 is -0.657. The summed E-state index contributed by atoms with van der Waals surface area (Å²) in [5.41, 5.74) is 0.819. The Hall–Kier alpha value is 0.0900. The van der Waals surface area contributed by atoms with Crippen molar-refractivity contribution in [1.82, 2.24) is 5.32 Å². The minimum atomic E-state index is -1.65. The van der Waals surface area contributed by atoms with Gasteiger partial charge in [0.15, 0.2) is 0 Å². The highest BCUT2D eigenvalue weighted by molar-refractivity contribution is 14.1. The molecule has 0 heterocycles. The molecule has 1 aromatic rings. The lowest BCUT2D eigenvalue weighted by Gasteiger charge is -2.28. The summed E-state index contributed by atoms with van der Waals surface area (Å²) >= 11 is 20.4. The largest absolute Gasteiger partial charge is 0.361 e. The first-order valence-electron chi connectivity index (χ1n) is 10.7. The summed E-state index contributed by atoms with van der Waals surface area (Å²) in [5.74, 6) is -0.101. The number of anilines is 1. The zero-order valence-electron chi connectivity index (χ0n) is 17.3. The van der Waals surface area contributed by atoms with Gasteiger partial charge in [-0.1, -0.05) is 118 Å². The SMILES string of the molecule is CCCCCCCCCCCCCC(=O)N[C@H](Nc1ccccc1I)C(Cl)(Cl)Cl. The van der Waals surface area contributed by atoms with E-state index in [4.69, 9.17) is 34.8 Å². The Bertz CT molecular complexity index is 581. The van der Waals surface area contributed by atoms with E-state index >= 15 is 0 Å². The van der Waals surface area contributed by atoms with E-state index in [1.807, 2.05) is 24.3 Å². The summed E-state index contributed by atoms with van der Waals surface area (Å²) in [6, 6.07) is 7.67. The van der Waals surface area contributed by atoms with Gasteiger partial charge >= 0.3 is 0 Å². The molecule has 0 aliphatic rings. The fraction of sp³-hybridized carbons (Fsp3) is 0.682. The minimum absolute atomic E-state index is 0.101. The van der Waals surface area contributed by atoms with Crippen LogP contribution in [-0.4, -0.2) is 15.9 Å². The standard InChI is InChI=1S/C22H34Cl3IN2O/c1-2-3-4-5-6-7-8-9-10-11-12-17-20(29)28-21(22(23,24)25)27-19-16-14-13-15-18(19)26/h13-16,21,27H,2-12,17H2,1H3,(H,28,29)/t21-/m0/s1. The van der Waals surface area contributed by atoms with Crippen molar-refractivity contribution in [2.75, 3.05) is 5.32 Å². The molecular weight excluding hydrogens is 542 g/mol. The van der Waals surface area contributed by atoms with Crippen molar-refractivity contribution < 1.29 is 4.79 Å². The number of amides is 1. The molecule has 0 saturated carbocycles. The molecular formula is C22H34Cl3IN2O. The number of para-hydroxylation sites is 1. The number of unbranched alkanes of at least 4 members (excludes halogenated alkanes) is 10. The highest BCUT2D eigenvalue weighted by atomic mass is 127. The third-order valence-corrected chi connectivity index (χ3v) is 6.41. The average molecular weight is 576 g/mol. The van der Waals surface area contributed by atoms with Crippen LogP contribution in [0.3, 0.4) is 0 Å². The number of carbonyl (C=O) groups excluding carboxylic acids is 1. The number of hydrogen-bond acceptors (Lipinski definition) is 2. The molecule has 0 radical (unpaired) electrons. The van der Waals surface area contributed by atoms with Crippen molar-refractivity contribution in [3.8, 4) is 0 Å². The van der Waals surface area contributed by atoms with E-state index in [2.05, 4.69) is 40.1 Å². The van der Waals surface area contributed by atoms with Crippen LogP contribution in [0.25, 0.3) is 0 Å². The number of rotatable bonds is 15. The van der Waals surface area contributed by atoms with Crippen molar-refractivity contribution >= 4 is 69.0 Å². The number of alkyl halides is 3. The number of halogens is 4. The van der Waals surface area contributed by atoms with Gasteiger partial charge in [0.25, 0.3) is 0 Å². The van der Waals surface area contributed by atoms with E-state index in [9.17, 15) is 4.79 Å². The van der Waals surface area contributed by atoms with Crippen LogP contribution in [0.15, 0.2) is 24.3 Å². The molecule has 1 rings (SSSR count). The van der Waals surface area contributed by atoms with Gasteiger partial charge in [-0.3, -0.25) is 4.79 Å². The van der Waals surface area contributed by atoms with E-state index in [-0.39, 0.29) is 5.91 Å². The summed E-state index contributed by atoms with van der Waals surface area (Å²) in [4.78, 5) is 12.3. The molecule has 0 aromatic heterocycles. The van der Waals surface area contributed by atoms with Crippen LogP contribution in [0, 0.1) is 3.57 Å². The molecule has 1 aromatic carbocycles. The molecule has 7 heteroatoms. The van der Waals surface area contributed by atoms with Gasteiger partial charge in [0.1, 0.15) is 6.17 Å². The van der Waals surface area contributed by atoms with Gasteiger partial charge in [0.2, 0.25) is 9.70 Å². The van der Waals surface area contributed by atoms with Crippen molar-refractivity contribution in [2.45, 2.75) is 93.9 Å². The smallest absolute Gasteiger partial charge is 0.228 e. The monoisotopic (exact) mass is 574 g/mol. The van der Waals surface area contributed by atoms with E-state index in [1.165, 1.54) is 57.8 Å². The highest BCUT2D eigenvalue weighted by Crippen LogP contribution is 2.32. The molecule has 0 unspecified atom stereocenters. The summed E-state index contributed by atoms with van der Waals surface area (Å²) in [6.45, 7) is 2.25. The number of nitrogens with one attached hydrogen (secondary N) is 2. The van der Waals surface area contributed by atoms with Crippen molar-refractivity contribution in [3.63, 3.8) is 0 Å². The second-order valence-corrected chi connectivity index (χ2v) is 11.0. The van der Waals surface area contributed by atoms with Crippen molar-refractivity contribution in [2.24, 2.45) is 0 Å². The van der Waals surface area contributed by atoms with Gasteiger partial charge in [0.05, 0.1) is 0 Å². The maximum Gasteiger partial charge on any atom is 0.228 e. The zero-order valence-corrected chi connectivity index (χ0v) is 21.7. The fourth-order valence-electron chi connectivity index (χ4n) is 3.12. The average Bonchev–Trinajstić information content (AvgIpc) is 2.66. The van der Waals surface area contributed by atoms with Gasteiger partial charge in [-0.25, -0.2) is 0 Å². The first kappa shape index (κ1) is 27.1. The second-order valence-electron chi connectivity index (χ2n) is 7.45. The molecule has 0 fully saturated rings. The summed E-state index contributed by atoms with van der Waals surface area (Å²) in [5, 5.41) is 5.94. The first-order valence-corrected chi connectivity index (χ1v) is 12.9. The molecule has 1 amide bonds. The molecule has 0 saturated heterocycles. The van der Waals surface area contributed by atoms with Crippen LogP contribution in [0.1, 0.15) is 84.0 Å². The van der Waals surface area contributed by atoms with E-state index in [0.717, 1.165) is 22.1 Å². The van der Waals surface area contributed by atoms with Crippen molar-refractivity contribution in [1.29, 1.82) is 0 Å². The van der Waals surface area contributed by atoms with Gasteiger partial charge < -0.3 is 10.6 Å². The van der Waals surface area contributed by atoms with E-state index in [0.29, 0.717) is 6.42 Å². The fourth-order valence-corrected chi connectivity index (χ4v) is 3.99. The van der Waals surface area contributed by atoms with Crippen LogP contribution in [-0.2, 0) is 4.79 Å². The van der Waals surface area contributed by atoms with Crippen LogP contribution < -0.4 is 10.6 Å². The van der Waals surface area contributed by atoms with E-state index < -0.39 is 9.96 Å². The molecule has 0 bridgehead atoms. The second kappa shape index (κ2) is 15.8. The lowest BCUT2D eigenvalue weighted by Crippen LogP contribution is -2.49. The number of benzene rings is 1. The Morgan fingerprint density at radius 1 is 0.931 bits per heavy atom. The quantitative estimate of drug-likeness (QED) is 0.0958. The summed E-state index contributed by atoms with van der Waals surface area (Å²) in [7, 11) is 0. The zero-order chi connectivity index (χ0) is 21.5. The molecule has 1 atom stereocenters. The van der Waals surface area contributed by atoms with Gasteiger partial charge in [-0.15, -0.1) is 0 Å². The molecule has 0 aliphatic heterocycles. The normalized spacial score (nSPS) is 12.6. The predicted molar refractivity (Wildman–Crippen MR) is 136 cm³/mol. The van der Waals surface area contributed by atoms with Crippen LogP contribution in [0.5, 0.6) is 0 Å². The maximum atomic E-state index is 12.3. The van der Waals surface area contributed by atoms with Crippen LogP contribution in [0.2, 0.25) is 0 Å². The Morgan fingerprint density at radius 2 is 1.45 bits per heavy atom. The molecule has 0 aliphatic carbocycles. The molecule has 3 nitrogen and oxygen atoms in total. The lowest BCUT2D eigenvalue weighted by molar-refractivity contribution is -0.121. The predicted octanol–water partition coefficient (Wildman–Crippen LogP) is 8.22. The Balaban J connectivity index is 2.21. The molecule has 0 spiro atoms. The van der Waals surface area contributed by atoms with Gasteiger partial charge in [-0.2, -0.15) is 0 Å². The number of hydrogen-bond donors (Lipinski definition) is 2. The van der Waals surface area contributed by atoms with Crippen molar-refractivity contribution in [3.05, 3.63) is 27.8 Å². The Labute approximate surface area is 205 Å². The van der Waals surface area contributed by atoms with Gasteiger partial charge in [0, 0.05) is 15.7 Å². The molecule has 29 heavy (non-hydrogen) atoms. The molecule has 2 N–H and O–H groups in total. The minimum Gasteiger partial charge on any atom is -0.361 e. The molecule has 166 valence electrons.